The van der Waals surface area contributed by atoms with E-state index in [1.54, 1.807) is 7.11 Å². The second-order valence-corrected chi connectivity index (χ2v) is 11.8. The molecule has 210 valence electrons. The molecule has 0 bridgehead atoms. The first kappa shape index (κ1) is 31.8. The largest absolute Gasteiger partial charge is 1.00 e. The van der Waals surface area contributed by atoms with Gasteiger partial charge in [0.05, 0.1) is 57.7 Å². The van der Waals surface area contributed by atoms with E-state index in [0.29, 0.717) is 31.3 Å². The molecule has 0 radical (unpaired) electrons. The van der Waals surface area contributed by atoms with E-state index in [2.05, 4.69) is 24.4 Å². The molecule has 1 aliphatic heterocycles. The van der Waals surface area contributed by atoms with E-state index in [-0.39, 0.29) is 30.3 Å². The molecule has 1 N–H and O–H groups in total. The Hall–Kier alpha value is -1.41. The van der Waals surface area contributed by atoms with Crippen molar-refractivity contribution in [2.45, 2.75) is 64.9 Å². The number of hydrogen-bond acceptors (Lipinski definition) is 8. The van der Waals surface area contributed by atoms with Gasteiger partial charge in [-0.15, -0.1) is 11.3 Å². The van der Waals surface area contributed by atoms with E-state index in [1.165, 1.54) is 17.8 Å². The molecule has 0 spiro atoms. The molecule has 11 heteroatoms. The van der Waals surface area contributed by atoms with Gasteiger partial charge in [0.25, 0.3) is 0 Å². The number of carbonyl (C=O) groups is 1. The minimum Gasteiger partial charge on any atom is -1.00 e. The fourth-order valence-corrected chi connectivity index (χ4v) is 4.77. The maximum atomic E-state index is 11.9. The van der Waals surface area contributed by atoms with E-state index >= 15 is 0 Å². The number of nitrogens with one attached hydrogen (secondary N) is 1. The quantitative estimate of drug-likeness (QED) is 0.213. The van der Waals surface area contributed by atoms with Crippen LogP contribution in [0, 0.1) is 0 Å². The number of benzene rings is 1. The number of rotatable bonds is 12. The van der Waals surface area contributed by atoms with Crippen LogP contribution in [0.2, 0.25) is 0 Å². The Balaban J connectivity index is 0.00000481. The Morgan fingerprint density at radius 3 is 2.65 bits per heavy atom. The van der Waals surface area contributed by atoms with Crippen molar-refractivity contribution in [1.82, 2.24) is 10.3 Å². The number of aromatic nitrogens is 1. The summed E-state index contributed by atoms with van der Waals surface area (Å²) in [5.74, 6) is 1.34. The number of hydrogen-bond donors (Lipinski definition) is 1. The number of amides is 1. The van der Waals surface area contributed by atoms with E-state index in [4.69, 9.17) is 23.7 Å². The maximum Gasteiger partial charge on any atom is 0.408 e. The molecule has 1 atom stereocenters. The summed E-state index contributed by atoms with van der Waals surface area (Å²) in [6, 6.07) is 3.84. The van der Waals surface area contributed by atoms with Gasteiger partial charge < -0.3 is 57.5 Å². The SMILES string of the molecule is COc1cc2sc(CNC(=O)OC(C)(C)C)nc2cc1OCCC[N+](C)(C)CCOC1CCCCO1.[I-]. The topological polar surface area (TPSA) is 88.1 Å². The van der Waals surface area contributed by atoms with Crippen molar-refractivity contribution >= 4 is 27.6 Å². The molecule has 1 amide bonds. The molecule has 0 saturated carbocycles. The van der Waals surface area contributed by atoms with Crippen LogP contribution in [0.3, 0.4) is 0 Å². The third-order valence-electron chi connectivity index (χ3n) is 5.80. The van der Waals surface area contributed by atoms with Crippen LogP contribution in [0.1, 0.15) is 51.5 Å². The normalized spacial score (nSPS) is 16.2. The summed E-state index contributed by atoms with van der Waals surface area (Å²) in [7, 11) is 6.05. The average Bonchev–Trinajstić information content (AvgIpc) is 3.21. The van der Waals surface area contributed by atoms with Crippen LogP contribution in [-0.2, 0) is 20.8 Å². The fourth-order valence-electron chi connectivity index (χ4n) is 3.85. The number of alkyl carbamates (subject to hydrolysis) is 1. The number of ether oxygens (including phenoxy) is 5. The monoisotopic (exact) mass is 651 g/mol. The third-order valence-corrected chi connectivity index (χ3v) is 6.82. The molecule has 1 aromatic heterocycles. The molecule has 2 heterocycles. The highest BCUT2D eigenvalue weighted by Crippen LogP contribution is 2.35. The van der Waals surface area contributed by atoms with Gasteiger partial charge in [-0.2, -0.15) is 0 Å². The van der Waals surface area contributed by atoms with Crippen LogP contribution in [0.4, 0.5) is 4.79 Å². The Labute approximate surface area is 241 Å². The first-order chi connectivity index (χ1) is 17.0. The second kappa shape index (κ2) is 14.7. The summed E-state index contributed by atoms with van der Waals surface area (Å²) in [5, 5.41) is 3.54. The molecular weight excluding hydrogens is 609 g/mol. The molecular formula is C26H42IN3O6S. The third kappa shape index (κ3) is 11.1. The van der Waals surface area contributed by atoms with Gasteiger partial charge in [0.2, 0.25) is 0 Å². The smallest absolute Gasteiger partial charge is 0.408 e. The molecule has 1 fully saturated rings. The highest BCUT2D eigenvalue weighted by molar-refractivity contribution is 7.18. The van der Waals surface area contributed by atoms with E-state index < -0.39 is 11.7 Å². The van der Waals surface area contributed by atoms with Crippen LogP contribution < -0.4 is 38.8 Å². The molecule has 9 nitrogen and oxygen atoms in total. The predicted octanol–water partition coefficient (Wildman–Crippen LogP) is 1.72. The summed E-state index contributed by atoms with van der Waals surface area (Å²) in [6.45, 7) is 9.77. The van der Waals surface area contributed by atoms with Crippen molar-refractivity contribution in [1.29, 1.82) is 0 Å². The molecule has 37 heavy (non-hydrogen) atoms. The number of methoxy groups -OCH3 is 1. The van der Waals surface area contributed by atoms with E-state index in [0.717, 1.165) is 58.7 Å². The van der Waals surface area contributed by atoms with Crippen LogP contribution in [0.5, 0.6) is 11.5 Å². The molecule has 1 aliphatic rings. The number of halogens is 1. The molecule has 1 aromatic carbocycles. The number of likely N-dealkylation sites (N-methyl/N-ethyl adjacent to an activating group) is 1. The van der Waals surface area contributed by atoms with Crippen molar-refractivity contribution in [3.05, 3.63) is 17.1 Å². The summed E-state index contributed by atoms with van der Waals surface area (Å²) < 4.78 is 30.3. The molecule has 2 aromatic rings. The zero-order valence-electron chi connectivity index (χ0n) is 22.9. The number of fused-ring (bicyclic) bond motifs is 1. The van der Waals surface area contributed by atoms with Gasteiger partial charge in [0.15, 0.2) is 17.8 Å². The second-order valence-electron chi connectivity index (χ2n) is 10.7. The summed E-state index contributed by atoms with van der Waals surface area (Å²) in [5.41, 5.74) is 0.276. The lowest BCUT2D eigenvalue weighted by atomic mass is 10.2. The average molecular weight is 652 g/mol. The van der Waals surface area contributed by atoms with E-state index in [1.807, 2.05) is 32.9 Å². The number of quaternary nitrogens is 1. The van der Waals surface area contributed by atoms with Crippen molar-refractivity contribution < 1.29 is 56.9 Å². The van der Waals surface area contributed by atoms with Crippen molar-refractivity contribution in [3.8, 4) is 11.5 Å². The lowest BCUT2D eigenvalue weighted by Crippen LogP contribution is -3.00. The maximum absolute atomic E-state index is 11.9. The van der Waals surface area contributed by atoms with Gasteiger partial charge in [-0.3, -0.25) is 0 Å². The Bertz CT molecular complexity index is 989. The lowest BCUT2D eigenvalue weighted by molar-refractivity contribution is -0.891. The minimum absolute atomic E-state index is 0. The lowest BCUT2D eigenvalue weighted by Gasteiger charge is -2.31. The molecule has 3 rings (SSSR count). The van der Waals surface area contributed by atoms with Crippen LogP contribution in [-0.4, -0.2) is 81.6 Å². The number of thiazole rings is 1. The summed E-state index contributed by atoms with van der Waals surface area (Å²) >= 11 is 1.50. The standard InChI is InChI=1S/C26H41N3O6S.HI/c1-26(2,3)35-25(30)27-18-23-28-19-16-21(20(31-6)17-22(19)36-23)32-14-9-11-29(4,5)12-15-34-24-10-7-8-13-33-24;/h16-17,24H,7-15,18H2,1-6H3;1H. The molecule has 0 aliphatic carbocycles. The van der Waals surface area contributed by atoms with Gasteiger partial charge in [-0.1, -0.05) is 0 Å². The minimum atomic E-state index is -0.539. The van der Waals surface area contributed by atoms with Crippen molar-refractivity contribution in [2.75, 3.05) is 54.1 Å². The van der Waals surface area contributed by atoms with Crippen molar-refractivity contribution in [3.63, 3.8) is 0 Å². The van der Waals surface area contributed by atoms with Crippen LogP contribution in [0.25, 0.3) is 10.2 Å². The molecule has 1 unspecified atom stereocenters. The van der Waals surface area contributed by atoms with Gasteiger partial charge in [0.1, 0.15) is 17.2 Å². The van der Waals surface area contributed by atoms with Gasteiger partial charge in [-0.05, 0) is 40.0 Å². The van der Waals surface area contributed by atoms with Gasteiger partial charge >= 0.3 is 6.09 Å². The van der Waals surface area contributed by atoms with Gasteiger partial charge in [0, 0.05) is 25.2 Å². The summed E-state index contributed by atoms with van der Waals surface area (Å²) in [6.07, 6.45) is 3.71. The van der Waals surface area contributed by atoms with Crippen LogP contribution >= 0.6 is 11.3 Å². The number of nitrogens with zero attached hydrogens (tertiary/aromatic N) is 2. The Kier molecular flexibility index (Phi) is 12.6. The zero-order chi connectivity index (χ0) is 26.2. The van der Waals surface area contributed by atoms with Crippen LogP contribution in [0.15, 0.2) is 12.1 Å². The first-order valence-electron chi connectivity index (χ1n) is 12.7. The Morgan fingerprint density at radius 2 is 1.97 bits per heavy atom. The first-order valence-corrected chi connectivity index (χ1v) is 13.5. The predicted molar refractivity (Wildman–Crippen MR) is 141 cm³/mol. The highest BCUT2D eigenvalue weighted by atomic mass is 127. The van der Waals surface area contributed by atoms with Gasteiger partial charge in [-0.25, -0.2) is 9.78 Å². The highest BCUT2D eigenvalue weighted by Gasteiger charge is 2.20. The van der Waals surface area contributed by atoms with E-state index in [9.17, 15) is 4.79 Å². The summed E-state index contributed by atoms with van der Waals surface area (Å²) in [4.78, 5) is 16.6. The Morgan fingerprint density at radius 1 is 1.19 bits per heavy atom. The zero-order valence-corrected chi connectivity index (χ0v) is 25.9. The molecule has 1 saturated heterocycles. The van der Waals surface area contributed by atoms with Crippen molar-refractivity contribution in [2.24, 2.45) is 0 Å². The fraction of sp³-hybridized carbons (Fsp3) is 0.692. The number of carbonyl (C=O) groups excluding carboxylic acids is 1.